The van der Waals surface area contributed by atoms with Gasteiger partial charge in [0, 0.05) is 25.5 Å². The van der Waals surface area contributed by atoms with Crippen LogP contribution in [-0.2, 0) is 14.0 Å². The smallest absolute Gasteiger partial charge is 0.410 e. The van der Waals surface area contributed by atoms with E-state index < -0.39 is 26.1 Å². The molecule has 6 heteroatoms. The van der Waals surface area contributed by atoms with Crippen LogP contribution in [-0.4, -0.2) is 49.9 Å². The second kappa shape index (κ2) is 10.0. The lowest BCUT2D eigenvalue weighted by Crippen LogP contribution is -2.67. The number of amides is 1. The summed E-state index contributed by atoms with van der Waals surface area (Å²) in [5.74, 6) is -0.0361. The zero-order valence-electron chi connectivity index (χ0n) is 21.6. The van der Waals surface area contributed by atoms with Crippen molar-refractivity contribution >= 4 is 30.6 Å². The number of likely N-dealkylation sites (tertiary alicyclic amines) is 1. The first-order chi connectivity index (χ1) is 15.8. The Bertz CT molecular complexity index is 939. The number of carbonyl (C=O) groups excluding carboxylic acids is 2. The fraction of sp³-hybridized carbons (Fsp3) is 0.500. The van der Waals surface area contributed by atoms with Crippen molar-refractivity contribution in [2.24, 2.45) is 5.92 Å². The highest BCUT2D eigenvalue weighted by Gasteiger charge is 2.50. The topological polar surface area (TPSA) is 55.8 Å². The van der Waals surface area contributed by atoms with Gasteiger partial charge in [0.1, 0.15) is 5.60 Å². The number of nitrogens with zero attached hydrogens (tertiary/aromatic N) is 1. The van der Waals surface area contributed by atoms with Gasteiger partial charge in [0.05, 0.1) is 6.04 Å². The van der Waals surface area contributed by atoms with E-state index in [1.54, 1.807) is 11.8 Å². The molecule has 0 unspecified atom stereocenters. The SMILES string of the molecule is C[C@@H]1C(=O)C[C@H](CO[Si](c2ccccc2)(c2ccccc2)C(C)(C)C)CN1C(=O)OC(C)(C)C. The van der Waals surface area contributed by atoms with Crippen LogP contribution in [0.4, 0.5) is 4.79 Å². The average molecular weight is 482 g/mol. The molecular weight excluding hydrogens is 442 g/mol. The molecule has 1 heterocycles. The molecule has 184 valence electrons. The van der Waals surface area contributed by atoms with Gasteiger partial charge in [-0.2, -0.15) is 0 Å². The lowest BCUT2D eigenvalue weighted by Gasteiger charge is -2.45. The predicted molar refractivity (Wildman–Crippen MR) is 139 cm³/mol. The summed E-state index contributed by atoms with van der Waals surface area (Å²) < 4.78 is 12.6. The maximum Gasteiger partial charge on any atom is 0.410 e. The van der Waals surface area contributed by atoms with Crippen LogP contribution in [0.2, 0.25) is 5.04 Å². The molecule has 0 aliphatic carbocycles. The van der Waals surface area contributed by atoms with Crippen molar-refractivity contribution in [3.8, 4) is 0 Å². The van der Waals surface area contributed by atoms with E-state index in [1.807, 2.05) is 32.9 Å². The van der Waals surface area contributed by atoms with Crippen LogP contribution >= 0.6 is 0 Å². The van der Waals surface area contributed by atoms with Gasteiger partial charge in [0.25, 0.3) is 8.32 Å². The van der Waals surface area contributed by atoms with E-state index in [0.29, 0.717) is 19.6 Å². The monoisotopic (exact) mass is 481 g/mol. The summed E-state index contributed by atoms with van der Waals surface area (Å²) in [4.78, 5) is 27.3. The minimum Gasteiger partial charge on any atom is -0.444 e. The molecule has 1 saturated heterocycles. The van der Waals surface area contributed by atoms with E-state index in [1.165, 1.54) is 10.4 Å². The van der Waals surface area contributed by atoms with E-state index in [4.69, 9.17) is 9.16 Å². The van der Waals surface area contributed by atoms with E-state index >= 15 is 0 Å². The molecule has 1 aliphatic heterocycles. The zero-order valence-corrected chi connectivity index (χ0v) is 22.6. The second-order valence-electron chi connectivity index (χ2n) is 11.3. The van der Waals surface area contributed by atoms with Crippen LogP contribution in [0.15, 0.2) is 60.7 Å². The van der Waals surface area contributed by atoms with Crippen molar-refractivity contribution in [2.45, 2.75) is 71.6 Å². The molecule has 0 bridgehead atoms. The van der Waals surface area contributed by atoms with Crippen molar-refractivity contribution < 1.29 is 18.8 Å². The predicted octanol–water partition coefficient (Wildman–Crippen LogP) is 4.78. The number of hydrogen-bond donors (Lipinski definition) is 0. The Balaban J connectivity index is 1.92. The summed E-state index contributed by atoms with van der Waals surface area (Å²) in [6.07, 6.45) is -0.0398. The Morgan fingerprint density at radius 1 is 0.941 bits per heavy atom. The van der Waals surface area contributed by atoms with E-state index in [9.17, 15) is 9.59 Å². The van der Waals surface area contributed by atoms with Gasteiger partial charge in [0.15, 0.2) is 5.78 Å². The molecule has 1 amide bonds. The van der Waals surface area contributed by atoms with Crippen LogP contribution in [0, 0.1) is 5.92 Å². The minimum absolute atomic E-state index is 0.0492. The first-order valence-electron chi connectivity index (χ1n) is 12.1. The van der Waals surface area contributed by atoms with Gasteiger partial charge in [-0.1, -0.05) is 81.4 Å². The van der Waals surface area contributed by atoms with Crippen molar-refractivity contribution in [1.82, 2.24) is 4.90 Å². The highest BCUT2D eigenvalue weighted by atomic mass is 28.4. The Morgan fingerprint density at radius 3 is 1.88 bits per heavy atom. The number of benzene rings is 2. The number of ketones is 1. The lowest BCUT2D eigenvalue weighted by atomic mass is 9.93. The third-order valence-corrected chi connectivity index (χ3v) is 11.5. The van der Waals surface area contributed by atoms with Crippen LogP contribution in [0.25, 0.3) is 0 Å². The maximum atomic E-state index is 12.9. The molecule has 1 fully saturated rings. The van der Waals surface area contributed by atoms with Gasteiger partial charge in [0.2, 0.25) is 0 Å². The number of Topliss-reactive ketones (excluding diaryl/α,β-unsaturated/α-hetero) is 1. The molecule has 0 radical (unpaired) electrons. The third-order valence-electron chi connectivity index (χ3n) is 6.46. The van der Waals surface area contributed by atoms with Crippen molar-refractivity contribution in [3.05, 3.63) is 60.7 Å². The summed E-state index contributed by atoms with van der Waals surface area (Å²) in [5.41, 5.74) is -0.613. The molecule has 0 N–H and O–H groups in total. The molecular formula is C28H39NO4Si. The Labute approximate surface area is 205 Å². The summed E-state index contributed by atoms with van der Waals surface area (Å²) >= 11 is 0. The molecule has 34 heavy (non-hydrogen) atoms. The molecule has 2 atom stereocenters. The molecule has 1 aliphatic rings. The highest BCUT2D eigenvalue weighted by molar-refractivity contribution is 6.99. The Morgan fingerprint density at radius 2 is 1.44 bits per heavy atom. The maximum absolute atomic E-state index is 12.9. The third kappa shape index (κ3) is 5.61. The van der Waals surface area contributed by atoms with Gasteiger partial charge in [-0.05, 0) is 43.1 Å². The minimum atomic E-state index is -2.71. The Kier molecular flexibility index (Phi) is 7.73. The summed E-state index contributed by atoms with van der Waals surface area (Å²) in [6.45, 7) is 14.9. The first kappa shape index (κ1) is 26.2. The molecule has 0 aromatic heterocycles. The van der Waals surface area contributed by atoms with E-state index in [0.717, 1.165) is 0 Å². The van der Waals surface area contributed by atoms with E-state index in [2.05, 4.69) is 69.3 Å². The second-order valence-corrected chi connectivity index (χ2v) is 15.6. The van der Waals surface area contributed by atoms with Gasteiger partial charge in [-0.3, -0.25) is 9.69 Å². The number of carbonyl (C=O) groups is 2. The normalized spacial score (nSPS) is 19.7. The van der Waals surface area contributed by atoms with Crippen molar-refractivity contribution in [3.63, 3.8) is 0 Å². The fourth-order valence-electron chi connectivity index (χ4n) is 4.80. The number of ether oxygens (including phenoxy) is 1. The Hall–Kier alpha value is -2.44. The van der Waals surface area contributed by atoms with Crippen LogP contribution in [0.3, 0.4) is 0 Å². The van der Waals surface area contributed by atoms with Crippen molar-refractivity contribution in [1.29, 1.82) is 0 Å². The van der Waals surface area contributed by atoms with Gasteiger partial charge in [-0.25, -0.2) is 4.79 Å². The number of piperidine rings is 1. The first-order valence-corrected chi connectivity index (χ1v) is 14.0. The quantitative estimate of drug-likeness (QED) is 0.577. The van der Waals surface area contributed by atoms with E-state index in [-0.39, 0.29) is 16.7 Å². The zero-order chi connectivity index (χ0) is 25.1. The lowest BCUT2D eigenvalue weighted by molar-refractivity contribution is -0.128. The van der Waals surface area contributed by atoms with Gasteiger partial charge < -0.3 is 9.16 Å². The summed E-state index contributed by atoms with van der Waals surface area (Å²) in [7, 11) is -2.71. The number of hydrogen-bond acceptors (Lipinski definition) is 4. The summed E-state index contributed by atoms with van der Waals surface area (Å²) in [5, 5.41) is 2.26. The fourth-order valence-corrected chi connectivity index (χ4v) is 9.44. The number of rotatable bonds is 5. The molecule has 5 nitrogen and oxygen atoms in total. The largest absolute Gasteiger partial charge is 0.444 e. The molecule has 2 aromatic carbocycles. The molecule has 0 spiro atoms. The van der Waals surface area contributed by atoms with Crippen LogP contribution in [0.5, 0.6) is 0 Å². The molecule has 3 rings (SSSR count). The molecule has 0 saturated carbocycles. The summed E-state index contributed by atoms with van der Waals surface area (Å²) in [6, 6.07) is 20.4. The van der Waals surface area contributed by atoms with Crippen LogP contribution in [0.1, 0.15) is 54.9 Å². The van der Waals surface area contributed by atoms with Crippen molar-refractivity contribution in [2.75, 3.05) is 13.2 Å². The standard InChI is InChI=1S/C28H39NO4Si/c1-21-25(30)18-22(19-29(21)26(31)33-27(2,3)4)20-32-34(28(5,6)7,23-14-10-8-11-15-23)24-16-12-9-13-17-24/h8-17,21-22H,18-20H2,1-7H3/t21-,22+/m1/s1. The van der Waals surface area contributed by atoms with Gasteiger partial charge in [-0.15, -0.1) is 0 Å². The molecule has 2 aromatic rings. The highest BCUT2D eigenvalue weighted by Crippen LogP contribution is 2.37. The average Bonchev–Trinajstić information content (AvgIpc) is 2.75. The van der Waals surface area contributed by atoms with Crippen LogP contribution < -0.4 is 10.4 Å². The van der Waals surface area contributed by atoms with Gasteiger partial charge >= 0.3 is 6.09 Å².